The summed E-state index contributed by atoms with van der Waals surface area (Å²) >= 11 is 3.85. The zero-order valence-electron chi connectivity index (χ0n) is 28.0. The molecule has 0 aliphatic rings. The topological polar surface area (TPSA) is 0 Å². The Balaban J connectivity index is 1.24. The van der Waals surface area contributed by atoms with Crippen LogP contribution in [0.2, 0.25) is 0 Å². The van der Waals surface area contributed by atoms with E-state index in [4.69, 9.17) is 0 Å². The number of fused-ring (bicyclic) bond motifs is 12. The van der Waals surface area contributed by atoms with E-state index < -0.39 is 0 Å². The Morgan fingerprint density at radius 3 is 1.29 bits per heavy atom. The van der Waals surface area contributed by atoms with Crippen LogP contribution in [0.4, 0.5) is 0 Å². The lowest BCUT2D eigenvalue weighted by molar-refractivity contribution is 1.73. The Morgan fingerprint density at radius 2 is 0.712 bits per heavy atom. The van der Waals surface area contributed by atoms with Gasteiger partial charge in [0, 0.05) is 51.5 Å². The minimum atomic E-state index is 1.26. The molecule has 0 saturated heterocycles. The number of hydrogen-bond acceptors (Lipinski definition) is 2. The molecular formula is C50H28S2. The largest absolute Gasteiger partial charge is 0.135 e. The van der Waals surface area contributed by atoms with E-state index >= 15 is 0 Å². The van der Waals surface area contributed by atoms with E-state index in [1.165, 1.54) is 116 Å². The van der Waals surface area contributed by atoms with Crippen LogP contribution >= 0.6 is 22.7 Å². The van der Waals surface area contributed by atoms with E-state index in [1.54, 1.807) is 0 Å². The zero-order chi connectivity index (χ0) is 33.9. The van der Waals surface area contributed by atoms with Crippen LogP contribution in [-0.4, -0.2) is 0 Å². The predicted octanol–water partition coefficient (Wildman–Crippen LogP) is 15.5. The van der Waals surface area contributed by atoms with Crippen LogP contribution in [-0.2, 0) is 0 Å². The second-order valence-corrected chi connectivity index (χ2v) is 16.1. The lowest BCUT2D eigenvalue weighted by Crippen LogP contribution is -1.92. The molecule has 0 N–H and O–H groups in total. The molecule has 0 amide bonds. The Hall–Kier alpha value is -6.06. The van der Waals surface area contributed by atoms with Gasteiger partial charge in [-0.3, -0.25) is 0 Å². The van der Waals surface area contributed by atoms with Crippen molar-refractivity contribution in [1.29, 1.82) is 0 Å². The molecule has 2 heterocycles. The molecule has 0 spiro atoms. The average Bonchev–Trinajstić information content (AvgIpc) is 3.75. The average molecular weight is 693 g/mol. The first-order valence-corrected chi connectivity index (χ1v) is 19.5. The van der Waals surface area contributed by atoms with Crippen LogP contribution in [0.1, 0.15) is 0 Å². The van der Waals surface area contributed by atoms with E-state index in [1.807, 2.05) is 22.7 Å². The standard InChI is InChI=1S/C50H28S2/c1-3-14-32-27-44-42(25-30(32)12-1)37-19-9-21-40(49(37)51-44)46-35-17-7-8-18-36(35)48(47-34-16-6-5-11-29(34)23-24-39(46)47)41-22-10-20-38-43-26-31-13-2-4-15-33(31)28-45(43)52-50(38)41/h1-28H. The van der Waals surface area contributed by atoms with Crippen LogP contribution in [0.3, 0.4) is 0 Å². The summed E-state index contributed by atoms with van der Waals surface area (Å²) in [5.41, 5.74) is 5.25. The van der Waals surface area contributed by atoms with Gasteiger partial charge in [-0.1, -0.05) is 146 Å². The van der Waals surface area contributed by atoms with Gasteiger partial charge < -0.3 is 0 Å². The Kier molecular flexibility index (Phi) is 5.90. The minimum Gasteiger partial charge on any atom is -0.135 e. The summed E-state index contributed by atoms with van der Waals surface area (Å²) < 4.78 is 5.36. The van der Waals surface area contributed by atoms with Crippen LogP contribution < -0.4 is 0 Å². The van der Waals surface area contributed by atoms with Crippen molar-refractivity contribution < 1.29 is 0 Å². The summed E-state index contributed by atoms with van der Waals surface area (Å²) in [5.74, 6) is 0. The highest BCUT2D eigenvalue weighted by Crippen LogP contribution is 2.52. The monoisotopic (exact) mass is 692 g/mol. The van der Waals surface area contributed by atoms with Gasteiger partial charge in [0.25, 0.3) is 0 Å². The molecule has 0 radical (unpaired) electrons. The first kappa shape index (κ1) is 28.6. The van der Waals surface area contributed by atoms with Crippen LogP contribution in [0.5, 0.6) is 0 Å². The molecule has 10 aromatic carbocycles. The Morgan fingerprint density at radius 1 is 0.269 bits per heavy atom. The quantitative estimate of drug-likeness (QED) is 0.125. The number of thiophene rings is 2. The van der Waals surface area contributed by atoms with Crippen molar-refractivity contribution in [3.8, 4) is 22.3 Å². The van der Waals surface area contributed by atoms with E-state index in [2.05, 4.69) is 170 Å². The van der Waals surface area contributed by atoms with Gasteiger partial charge in [0.1, 0.15) is 0 Å². The molecule has 52 heavy (non-hydrogen) atoms. The molecular weight excluding hydrogens is 665 g/mol. The highest BCUT2D eigenvalue weighted by Gasteiger charge is 2.23. The number of rotatable bonds is 2. The van der Waals surface area contributed by atoms with Crippen molar-refractivity contribution in [3.63, 3.8) is 0 Å². The van der Waals surface area contributed by atoms with E-state index in [-0.39, 0.29) is 0 Å². The van der Waals surface area contributed by atoms with Crippen molar-refractivity contribution in [2.75, 3.05) is 0 Å². The van der Waals surface area contributed by atoms with Crippen molar-refractivity contribution in [1.82, 2.24) is 0 Å². The van der Waals surface area contributed by atoms with Crippen molar-refractivity contribution in [3.05, 3.63) is 170 Å². The molecule has 2 aromatic heterocycles. The molecule has 0 unspecified atom stereocenters. The van der Waals surface area contributed by atoms with Gasteiger partial charge >= 0.3 is 0 Å². The van der Waals surface area contributed by atoms with Crippen molar-refractivity contribution in [2.24, 2.45) is 0 Å². The van der Waals surface area contributed by atoms with Gasteiger partial charge in [-0.2, -0.15) is 0 Å². The Bertz CT molecular complexity index is 3470. The van der Waals surface area contributed by atoms with Gasteiger partial charge in [-0.05, 0) is 89.3 Å². The normalized spacial score (nSPS) is 12.2. The third kappa shape index (κ3) is 3.97. The molecule has 12 rings (SSSR count). The first-order valence-electron chi connectivity index (χ1n) is 17.8. The van der Waals surface area contributed by atoms with Gasteiger partial charge in [0.2, 0.25) is 0 Å². The molecule has 240 valence electrons. The zero-order valence-corrected chi connectivity index (χ0v) is 29.6. The third-order valence-corrected chi connectivity index (χ3v) is 13.6. The van der Waals surface area contributed by atoms with Crippen LogP contribution in [0.25, 0.3) is 116 Å². The van der Waals surface area contributed by atoms with Crippen LogP contribution in [0.15, 0.2) is 170 Å². The molecule has 0 aliphatic carbocycles. The fourth-order valence-corrected chi connectivity index (χ4v) is 11.4. The summed E-state index contributed by atoms with van der Waals surface area (Å²) in [4.78, 5) is 0. The number of benzene rings is 10. The third-order valence-electron chi connectivity index (χ3n) is 11.2. The maximum atomic E-state index is 2.39. The summed E-state index contributed by atoms with van der Waals surface area (Å²) in [5, 5.41) is 18.2. The fourth-order valence-electron chi connectivity index (χ4n) is 8.88. The number of hydrogen-bond donors (Lipinski definition) is 0. The van der Waals surface area contributed by atoms with E-state index in [9.17, 15) is 0 Å². The second-order valence-electron chi connectivity index (χ2n) is 14.0. The highest BCUT2D eigenvalue weighted by molar-refractivity contribution is 7.27. The molecule has 0 aliphatic heterocycles. The molecule has 12 aromatic rings. The van der Waals surface area contributed by atoms with Gasteiger partial charge in [0.15, 0.2) is 0 Å². The maximum Gasteiger partial charge on any atom is 0.0434 e. The first-order chi connectivity index (χ1) is 25.8. The maximum absolute atomic E-state index is 2.39. The summed E-state index contributed by atoms with van der Waals surface area (Å²) in [6, 6.07) is 63.6. The molecule has 0 nitrogen and oxygen atoms in total. The summed E-state index contributed by atoms with van der Waals surface area (Å²) in [7, 11) is 0. The summed E-state index contributed by atoms with van der Waals surface area (Å²) in [6.07, 6.45) is 0. The molecule has 0 saturated carbocycles. The fraction of sp³-hybridized carbons (Fsp3) is 0. The minimum absolute atomic E-state index is 1.26. The van der Waals surface area contributed by atoms with Gasteiger partial charge in [0.05, 0.1) is 0 Å². The Labute approximate surface area is 307 Å². The van der Waals surface area contributed by atoms with E-state index in [0.717, 1.165) is 0 Å². The highest BCUT2D eigenvalue weighted by atomic mass is 32.1. The molecule has 0 atom stereocenters. The predicted molar refractivity (Wildman–Crippen MR) is 231 cm³/mol. The molecule has 2 heteroatoms. The van der Waals surface area contributed by atoms with E-state index in [0.29, 0.717) is 0 Å². The lowest BCUT2D eigenvalue weighted by Gasteiger charge is -2.20. The van der Waals surface area contributed by atoms with Crippen molar-refractivity contribution >= 4 is 117 Å². The van der Waals surface area contributed by atoms with Crippen LogP contribution in [0, 0.1) is 0 Å². The SMILES string of the molecule is c1ccc2cc3c(cc2c1)sc1c(-c2c4ccccc4c(-c4cccc5c4sc4cc6ccccc6cc45)c4c2ccc2ccccc24)cccc13. The molecule has 0 bridgehead atoms. The smallest absolute Gasteiger partial charge is 0.0434 e. The van der Waals surface area contributed by atoms with Gasteiger partial charge in [-0.25, -0.2) is 0 Å². The lowest BCUT2D eigenvalue weighted by atomic mass is 9.83. The molecule has 0 fully saturated rings. The second kappa shape index (κ2) is 10.7. The van der Waals surface area contributed by atoms with Crippen molar-refractivity contribution in [2.45, 2.75) is 0 Å². The summed E-state index contributed by atoms with van der Waals surface area (Å²) in [6.45, 7) is 0. The van der Waals surface area contributed by atoms with Gasteiger partial charge in [-0.15, -0.1) is 22.7 Å².